The first-order chi connectivity index (χ1) is 7.79. The molecule has 0 amide bonds. The molecule has 0 fully saturated rings. The Labute approximate surface area is 97.6 Å². The van der Waals surface area contributed by atoms with E-state index >= 15 is 0 Å². The van der Waals surface area contributed by atoms with Crippen LogP contribution in [0.5, 0.6) is 0 Å². The van der Waals surface area contributed by atoms with Gasteiger partial charge in [-0.05, 0) is 26.7 Å². The van der Waals surface area contributed by atoms with Gasteiger partial charge in [-0.25, -0.2) is 0 Å². The van der Waals surface area contributed by atoms with Gasteiger partial charge in [-0.2, -0.15) is 0 Å². The summed E-state index contributed by atoms with van der Waals surface area (Å²) in [6.45, 7) is 6.78. The molecule has 2 heteroatoms. The molecule has 2 nitrogen and oxygen atoms in total. The van der Waals surface area contributed by atoms with Gasteiger partial charge in [0.15, 0.2) is 0 Å². The van der Waals surface area contributed by atoms with Gasteiger partial charge in [-0.3, -0.25) is 0 Å². The van der Waals surface area contributed by atoms with E-state index in [-0.39, 0.29) is 0 Å². The van der Waals surface area contributed by atoms with Crippen LogP contribution in [0.15, 0.2) is 30.3 Å². The Bertz CT molecular complexity index is 353. The molecule has 0 saturated heterocycles. The maximum Gasteiger partial charge on any atom is 0.261 e. The van der Waals surface area contributed by atoms with Crippen molar-refractivity contribution >= 4 is 0 Å². The maximum absolute atomic E-state index is 5.70. The summed E-state index contributed by atoms with van der Waals surface area (Å²) in [5, 5.41) is 0. The molecule has 1 rings (SSSR count). The van der Waals surface area contributed by atoms with E-state index in [0.29, 0.717) is 13.2 Å². The minimum absolute atomic E-state index is 0.559. The SMILES string of the molecule is CC#CC(OCC)(OCC)c1ccccc1. The molecule has 0 atom stereocenters. The molecule has 0 N–H and O–H groups in total. The van der Waals surface area contributed by atoms with E-state index in [9.17, 15) is 0 Å². The number of ether oxygens (including phenoxy) is 2. The predicted molar refractivity (Wildman–Crippen MR) is 64.8 cm³/mol. The predicted octanol–water partition coefficient (Wildman–Crippen LogP) is 2.94. The van der Waals surface area contributed by atoms with Crippen LogP contribution in [0.25, 0.3) is 0 Å². The molecule has 0 spiro atoms. The van der Waals surface area contributed by atoms with Crippen molar-refractivity contribution in [3.8, 4) is 11.8 Å². The Kier molecular flexibility index (Phi) is 5.04. The van der Waals surface area contributed by atoms with Crippen molar-refractivity contribution in [3.05, 3.63) is 35.9 Å². The summed E-state index contributed by atoms with van der Waals surface area (Å²) in [5.74, 6) is 4.98. The van der Waals surface area contributed by atoms with Crippen molar-refractivity contribution in [1.82, 2.24) is 0 Å². The van der Waals surface area contributed by atoms with Gasteiger partial charge >= 0.3 is 0 Å². The fourth-order valence-corrected chi connectivity index (χ4v) is 1.58. The zero-order chi connectivity index (χ0) is 11.9. The molecule has 16 heavy (non-hydrogen) atoms. The molecule has 86 valence electrons. The Morgan fingerprint density at radius 3 is 2.06 bits per heavy atom. The Morgan fingerprint density at radius 1 is 1.06 bits per heavy atom. The first kappa shape index (κ1) is 12.8. The fraction of sp³-hybridized carbons (Fsp3) is 0.429. The number of hydrogen-bond donors (Lipinski definition) is 0. The molecule has 1 aromatic rings. The summed E-state index contributed by atoms with van der Waals surface area (Å²) in [7, 11) is 0. The largest absolute Gasteiger partial charge is 0.336 e. The summed E-state index contributed by atoms with van der Waals surface area (Å²) in [4.78, 5) is 0. The van der Waals surface area contributed by atoms with E-state index in [4.69, 9.17) is 9.47 Å². The second-order valence-electron chi connectivity index (χ2n) is 3.22. The maximum atomic E-state index is 5.70. The molecule has 0 heterocycles. The Balaban J connectivity index is 3.13. The number of hydrogen-bond acceptors (Lipinski definition) is 2. The monoisotopic (exact) mass is 218 g/mol. The van der Waals surface area contributed by atoms with E-state index in [0.717, 1.165) is 5.56 Å². The van der Waals surface area contributed by atoms with Crippen LogP contribution in [0.2, 0.25) is 0 Å². The van der Waals surface area contributed by atoms with Crippen molar-refractivity contribution in [2.75, 3.05) is 13.2 Å². The summed E-state index contributed by atoms with van der Waals surface area (Å²) in [6.07, 6.45) is 0. The average molecular weight is 218 g/mol. The molecule has 0 aliphatic carbocycles. The number of rotatable bonds is 5. The first-order valence-electron chi connectivity index (χ1n) is 5.56. The normalized spacial score (nSPS) is 10.7. The van der Waals surface area contributed by atoms with Gasteiger partial charge in [0.2, 0.25) is 0 Å². The second-order valence-corrected chi connectivity index (χ2v) is 3.22. The third-order valence-electron chi connectivity index (χ3n) is 2.14. The van der Waals surface area contributed by atoms with Gasteiger partial charge in [0.1, 0.15) is 0 Å². The van der Waals surface area contributed by atoms with Gasteiger partial charge in [0.05, 0.1) is 0 Å². The van der Waals surface area contributed by atoms with Crippen LogP contribution in [-0.2, 0) is 15.3 Å². The standard InChI is InChI=1S/C14H18O2/c1-4-12-14(15-5-2,16-6-3)13-10-8-7-9-11-13/h7-11H,5-6H2,1-3H3. The van der Waals surface area contributed by atoms with Crippen molar-refractivity contribution in [2.24, 2.45) is 0 Å². The van der Waals surface area contributed by atoms with Crippen LogP contribution < -0.4 is 0 Å². The second kappa shape index (κ2) is 6.32. The molecule has 0 radical (unpaired) electrons. The highest BCUT2D eigenvalue weighted by Crippen LogP contribution is 2.26. The zero-order valence-corrected chi connectivity index (χ0v) is 10.1. The lowest BCUT2D eigenvalue weighted by atomic mass is 10.1. The smallest absolute Gasteiger partial charge is 0.261 e. The molecule has 0 bridgehead atoms. The topological polar surface area (TPSA) is 18.5 Å². The molecule has 0 aliphatic heterocycles. The molecule has 0 unspecified atom stereocenters. The number of benzene rings is 1. The van der Waals surface area contributed by atoms with E-state index < -0.39 is 5.79 Å². The van der Waals surface area contributed by atoms with E-state index in [1.54, 1.807) is 6.92 Å². The van der Waals surface area contributed by atoms with Gasteiger partial charge in [-0.15, -0.1) is 5.92 Å². The molecular formula is C14H18O2. The van der Waals surface area contributed by atoms with Gasteiger partial charge in [-0.1, -0.05) is 30.3 Å². The van der Waals surface area contributed by atoms with Crippen LogP contribution in [-0.4, -0.2) is 13.2 Å². The van der Waals surface area contributed by atoms with Crippen molar-refractivity contribution in [1.29, 1.82) is 0 Å². The van der Waals surface area contributed by atoms with Crippen LogP contribution in [0, 0.1) is 11.8 Å². The average Bonchev–Trinajstić information content (AvgIpc) is 2.31. The van der Waals surface area contributed by atoms with E-state index in [1.165, 1.54) is 0 Å². The van der Waals surface area contributed by atoms with Crippen LogP contribution >= 0.6 is 0 Å². The van der Waals surface area contributed by atoms with E-state index in [1.807, 2.05) is 44.2 Å². The Hall–Kier alpha value is -1.30. The molecule has 1 aromatic carbocycles. The van der Waals surface area contributed by atoms with Crippen molar-refractivity contribution in [2.45, 2.75) is 26.6 Å². The Morgan fingerprint density at radius 2 is 1.62 bits per heavy atom. The first-order valence-corrected chi connectivity index (χ1v) is 5.56. The lowest BCUT2D eigenvalue weighted by molar-refractivity contribution is -0.200. The molecule has 0 saturated carbocycles. The third-order valence-corrected chi connectivity index (χ3v) is 2.14. The lowest BCUT2D eigenvalue weighted by Crippen LogP contribution is -2.31. The highest BCUT2D eigenvalue weighted by molar-refractivity contribution is 5.29. The summed E-state index contributed by atoms with van der Waals surface area (Å²) < 4.78 is 11.4. The van der Waals surface area contributed by atoms with Crippen LogP contribution in [0.3, 0.4) is 0 Å². The minimum atomic E-state index is -0.917. The van der Waals surface area contributed by atoms with Gasteiger partial charge < -0.3 is 9.47 Å². The summed E-state index contributed by atoms with van der Waals surface area (Å²) >= 11 is 0. The molecule has 0 aliphatic rings. The van der Waals surface area contributed by atoms with Gasteiger partial charge in [0, 0.05) is 18.8 Å². The van der Waals surface area contributed by atoms with Crippen molar-refractivity contribution < 1.29 is 9.47 Å². The lowest BCUT2D eigenvalue weighted by Gasteiger charge is -2.28. The van der Waals surface area contributed by atoms with Crippen molar-refractivity contribution in [3.63, 3.8) is 0 Å². The van der Waals surface area contributed by atoms with Gasteiger partial charge in [0.25, 0.3) is 5.79 Å². The quantitative estimate of drug-likeness (QED) is 0.559. The summed E-state index contributed by atoms with van der Waals surface area (Å²) in [6, 6.07) is 9.82. The summed E-state index contributed by atoms with van der Waals surface area (Å²) in [5.41, 5.74) is 0.938. The van der Waals surface area contributed by atoms with Crippen LogP contribution in [0.1, 0.15) is 26.3 Å². The molecular weight excluding hydrogens is 200 g/mol. The highest BCUT2D eigenvalue weighted by atomic mass is 16.7. The molecule has 0 aromatic heterocycles. The third kappa shape index (κ3) is 2.85. The fourth-order valence-electron chi connectivity index (χ4n) is 1.58. The van der Waals surface area contributed by atoms with E-state index in [2.05, 4.69) is 11.8 Å². The highest BCUT2D eigenvalue weighted by Gasteiger charge is 2.31. The van der Waals surface area contributed by atoms with Crippen LogP contribution in [0.4, 0.5) is 0 Å². The minimum Gasteiger partial charge on any atom is -0.336 e. The zero-order valence-electron chi connectivity index (χ0n) is 10.1.